The normalized spacial score (nSPS) is 14.7. The molecule has 0 heterocycles. The highest BCUT2D eigenvalue weighted by Gasteiger charge is 2.30. The van der Waals surface area contributed by atoms with Crippen molar-refractivity contribution in [3.63, 3.8) is 0 Å². The molecule has 0 radical (unpaired) electrons. The molecule has 0 rings (SSSR count). The number of hydrogen-bond acceptors (Lipinski definition) is 15. The molecule has 0 fully saturated rings. The molecule has 0 aliphatic heterocycles. The van der Waals surface area contributed by atoms with E-state index in [0.29, 0.717) is 32.1 Å². The number of phosphoric ester groups is 2. The lowest BCUT2D eigenvalue weighted by Gasteiger charge is -2.21. The molecule has 102 heavy (non-hydrogen) atoms. The van der Waals surface area contributed by atoms with Gasteiger partial charge < -0.3 is 33.8 Å². The van der Waals surface area contributed by atoms with Gasteiger partial charge in [0.05, 0.1) is 26.4 Å². The molecular weight excluding hydrogens is 1330 g/mol. The van der Waals surface area contributed by atoms with Gasteiger partial charge in [-0.1, -0.05) is 263 Å². The van der Waals surface area contributed by atoms with Gasteiger partial charge in [0.15, 0.2) is 12.2 Å². The molecule has 0 aliphatic carbocycles. The van der Waals surface area contributed by atoms with E-state index in [1.54, 1.807) is 0 Å². The van der Waals surface area contributed by atoms with Crippen LogP contribution >= 0.6 is 15.6 Å². The van der Waals surface area contributed by atoms with E-state index >= 15 is 0 Å². The predicted octanol–water partition coefficient (Wildman–Crippen LogP) is 22.7. The maximum atomic E-state index is 13.1. The zero-order chi connectivity index (χ0) is 74.6. The first-order chi connectivity index (χ1) is 49.7. The van der Waals surface area contributed by atoms with Crippen LogP contribution in [-0.2, 0) is 65.4 Å². The highest BCUT2D eigenvalue weighted by molar-refractivity contribution is 7.47. The Morgan fingerprint density at radius 2 is 0.529 bits per heavy atom. The highest BCUT2D eigenvalue weighted by atomic mass is 31.2. The maximum absolute atomic E-state index is 13.1. The van der Waals surface area contributed by atoms with Gasteiger partial charge in [-0.05, 0) is 154 Å². The molecule has 5 atom stereocenters. The molecule has 0 amide bonds. The molecule has 582 valence electrons. The summed E-state index contributed by atoms with van der Waals surface area (Å²) in [7, 11) is -9.99. The fraction of sp³-hybridized carbons (Fsp3) is 0.663. The number of carbonyl (C=O) groups excluding carboxylic acids is 4. The number of carbonyl (C=O) groups is 4. The van der Waals surface area contributed by atoms with E-state index in [-0.39, 0.29) is 25.7 Å². The van der Waals surface area contributed by atoms with Crippen LogP contribution in [0.1, 0.15) is 297 Å². The second-order valence-corrected chi connectivity index (χ2v) is 28.4. The minimum absolute atomic E-state index is 0.0277. The van der Waals surface area contributed by atoms with Gasteiger partial charge in [-0.3, -0.25) is 37.3 Å². The average molecular weight is 1470 g/mol. The molecule has 19 heteroatoms. The Hall–Kier alpha value is -5.06. The smallest absolute Gasteiger partial charge is 0.462 e. The minimum atomic E-state index is -5.00. The summed E-state index contributed by atoms with van der Waals surface area (Å²) in [5, 5.41) is 10.6. The molecule has 0 spiro atoms. The van der Waals surface area contributed by atoms with Gasteiger partial charge >= 0.3 is 39.5 Å². The lowest BCUT2D eigenvalue weighted by Crippen LogP contribution is -2.30. The fourth-order valence-electron chi connectivity index (χ4n) is 9.87. The Morgan fingerprint density at radius 1 is 0.284 bits per heavy atom. The zero-order valence-electron chi connectivity index (χ0n) is 63.5. The first kappa shape index (κ1) is 96.9. The SMILES string of the molecule is CC/C=C\C/C=C\C/C=C\C/C=C\C/C=C\C/C=C\CCC(=O)OCC(COP(=O)(O)OCC(O)COP(=O)(O)OCC(COC(=O)CCCCCCC/C=C\C/C=C\CCCCC)OC(=O)CCCCCCC/C=C\CCCCCC)OC(=O)CCCCCCC/C=C\C/C=C\C/C=C\CC. The Labute approximate surface area is 617 Å². The van der Waals surface area contributed by atoms with Gasteiger partial charge in [-0.15, -0.1) is 0 Å². The third kappa shape index (κ3) is 73.3. The lowest BCUT2D eigenvalue weighted by molar-refractivity contribution is -0.161. The van der Waals surface area contributed by atoms with Gasteiger partial charge in [0.2, 0.25) is 0 Å². The van der Waals surface area contributed by atoms with E-state index < -0.39 is 97.5 Å². The van der Waals surface area contributed by atoms with Crippen molar-refractivity contribution in [2.75, 3.05) is 39.6 Å². The van der Waals surface area contributed by atoms with Crippen LogP contribution < -0.4 is 0 Å². The van der Waals surface area contributed by atoms with Crippen LogP contribution in [-0.4, -0.2) is 96.7 Å². The van der Waals surface area contributed by atoms with E-state index in [2.05, 4.69) is 155 Å². The average Bonchev–Trinajstić information content (AvgIpc) is 0.924. The van der Waals surface area contributed by atoms with E-state index in [0.717, 1.165) is 167 Å². The zero-order valence-corrected chi connectivity index (χ0v) is 65.3. The second-order valence-electron chi connectivity index (χ2n) is 25.5. The topological polar surface area (TPSA) is 237 Å². The molecule has 0 bridgehead atoms. The molecule has 0 saturated heterocycles. The summed E-state index contributed by atoms with van der Waals surface area (Å²) in [6.07, 6.45) is 84.2. The quantitative estimate of drug-likeness (QED) is 0.0169. The first-order valence-corrected chi connectivity index (χ1v) is 42.1. The fourth-order valence-corrected chi connectivity index (χ4v) is 11.5. The Morgan fingerprint density at radius 3 is 0.873 bits per heavy atom. The predicted molar refractivity (Wildman–Crippen MR) is 417 cm³/mol. The summed E-state index contributed by atoms with van der Waals surface area (Å²) >= 11 is 0. The van der Waals surface area contributed by atoms with Crippen LogP contribution in [0, 0.1) is 0 Å². The van der Waals surface area contributed by atoms with Crippen LogP contribution in [0.25, 0.3) is 0 Å². The van der Waals surface area contributed by atoms with Gasteiger partial charge in [-0.2, -0.15) is 0 Å². The molecule has 3 N–H and O–H groups in total. The number of aliphatic hydroxyl groups excluding tert-OH is 1. The Bertz CT molecular complexity index is 2510. The number of aliphatic hydroxyl groups is 1. The van der Waals surface area contributed by atoms with E-state index in [9.17, 15) is 43.2 Å². The second kappa shape index (κ2) is 74.2. The maximum Gasteiger partial charge on any atom is 0.472 e. The van der Waals surface area contributed by atoms with E-state index in [1.807, 2.05) is 18.2 Å². The number of unbranched alkanes of at least 4 members (excludes halogenated alkanes) is 22. The molecule has 0 aliphatic rings. The summed E-state index contributed by atoms with van der Waals surface area (Å²) < 4.78 is 68.4. The van der Waals surface area contributed by atoms with Crippen molar-refractivity contribution in [3.05, 3.63) is 146 Å². The molecule has 0 aromatic carbocycles. The lowest BCUT2D eigenvalue weighted by atomic mass is 10.1. The summed E-state index contributed by atoms with van der Waals surface area (Å²) in [5.41, 5.74) is 0. The summed E-state index contributed by atoms with van der Waals surface area (Å²) in [6, 6.07) is 0. The van der Waals surface area contributed by atoms with Gasteiger partial charge in [0.25, 0.3) is 0 Å². The number of allylic oxidation sites excluding steroid dienone is 24. The van der Waals surface area contributed by atoms with Crippen molar-refractivity contribution in [2.24, 2.45) is 0 Å². The molecule has 0 saturated carbocycles. The Kier molecular flexibility index (Phi) is 70.5. The summed E-state index contributed by atoms with van der Waals surface area (Å²) in [4.78, 5) is 72.9. The number of esters is 4. The number of ether oxygens (including phenoxy) is 4. The van der Waals surface area contributed by atoms with Crippen LogP contribution in [0.5, 0.6) is 0 Å². The van der Waals surface area contributed by atoms with Gasteiger partial charge in [0, 0.05) is 25.7 Å². The summed E-state index contributed by atoms with van der Waals surface area (Å²) in [6.45, 7) is 4.47. The van der Waals surface area contributed by atoms with Crippen molar-refractivity contribution in [2.45, 2.75) is 316 Å². The van der Waals surface area contributed by atoms with Crippen LogP contribution in [0.15, 0.2) is 146 Å². The van der Waals surface area contributed by atoms with Gasteiger partial charge in [-0.25, -0.2) is 9.13 Å². The number of hydrogen-bond donors (Lipinski definition) is 3. The number of rotatable bonds is 72. The monoisotopic (exact) mass is 1470 g/mol. The molecular formula is C83H138O17P2. The van der Waals surface area contributed by atoms with Gasteiger partial charge in [0.1, 0.15) is 19.3 Å². The van der Waals surface area contributed by atoms with Crippen LogP contribution in [0.4, 0.5) is 0 Å². The van der Waals surface area contributed by atoms with Crippen LogP contribution in [0.2, 0.25) is 0 Å². The molecule has 0 aromatic rings. The standard InChI is InChI=1S/C83H138O17P2/c1-5-9-13-17-21-25-29-33-36-37-38-39-42-45-48-52-56-60-64-68-81(86)94-74-79(100-83(88)70-66-62-58-54-50-46-41-35-31-27-23-19-15-11-7-3)76-98-102(91,92)96-72-77(84)71-95-101(89,90)97-75-78(99-82(87)69-65-61-57-53-49-43-32-28-24-20-16-12-8-4)73-93-80(85)67-63-59-55-51-47-44-40-34-30-26-22-18-14-10-6-2/h9,11,13,15,21-23,25-28,32-36,38-41,45,48,56,60,77-79,84H,5-8,10,12,14,16-20,24,29-31,37,42-44,46-47,49-55,57-59,61-76H2,1-4H3,(H,89,90)(H,91,92)/b13-9-,15-11-,25-21-,26-22-,27-23-,32-28-,36-33-,39-38-,40-34-,41-35-,48-45-,60-56-. The largest absolute Gasteiger partial charge is 0.472 e. The third-order valence-corrected chi connectivity index (χ3v) is 17.7. The van der Waals surface area contributed by atoms with Crippen LogP contribution in [0.3, 0.4) is 0 Å². The van der Waals surface area contributed by atoms with E-state index in [1.165, 1.54) is 44.9 Å². The van der Waals surface area contributed by atoms with Crippen molar-refractivity contribution in [1.29, 1.82) is 0 Å². The molecule has 17 nitrogen and oxygen atoms in total. The molecule has 0 aromatic heterocycles. The van der Waals surface area contributed by atoms with Crippen molar-refractivity contribution in [1.82, 2.24) is 0 Å². The van der Waals surface area contributed by atoms with Crippen molar-refractivity contribution in [3.8, 4) is 0 Å². The first-order valence-electron chi connectivity index (χ1n) is 39.1. The summed E-state index contributed by atoms with van der Waals surface area (Å²) in [5.74, 6) is -2.32. The Balaban J connectivity index is 5.45. The highest BCUT2D eigenvalue weighted by Crippen LogP contribution is 2.45. The third-order valence-electron chi connectivity index (χ3n) is 15.8. The van der Waals surface area contributed by atoms with E-state index in [4.69, 9.17) is 37.0 Å². The number of phosphoric acid groups is 2. The van der Waals surface area contributed by atoms with Crippen molar-refractivity contribution >= 4 is 39.5 Å². The molecule has 5 unspecified atom stereocenters. The van der Waals surface area contributed by atoms with Crippen molar-refractivity contribution < 1.29 is 80.2 Å². The minimum Gasteiger partial charge on any atom is -0.462 e.